The molecule has 1 aromatic carbocycles. The van der Waals surface area contributed by atoms with Gasteiger partial charge >= 0.3 is 6.09 Å². The predicted octanol–water partition coefficient (Wildman–Crippen LogP) is 0.230. The first-order valence-corrected chi connectivity index (χ1v) is 11.9. The van der Waals surface area contributed by atoms with Gasteiger partial charge in [0.25, 0.3) is 5.91 Å². The number of fused-ring (bicyclic) bond motifs is 3. The van der Waals surface area contributed by atoms with Crippen LogP contribution in [0.5, 0.6) is 5.75 Å². The molecule has 0 radical (unpaired) electrons. The van der Waals surface area contributed by atoms with E-state index in [0.29, 0.717) is 5.56 Å². The molecule has 1 aromatic rings. The fourth-order valence-electron chi connectivity index (χ4n) is 6.00. The zero-order valence-electron chi connectivity index (χ0n) is 21.3. The van der Waals surface area contributed by atoms with Gasteiger partial charge in [0, 0.05) is 11.5 Å². The number of phenols is 1. The molecular formula is C26H29N3O10. The molecule has 6 atom stereocenters. The van der Waals surface area contributed by atoms with E-state index in [1.807, 2.05) is 0 Å². The van der Waals surface area contributed by atoms with Gasteiger partial charge in [0.15, 0.2) is 11.4 Å². The second-order valence-electron chi connectivity index (χ2n) is 9.99. The molecule has 13 nitrogen and oxygen atoms in total. The van der Waals surface area contributed by atoms with Crippen LogP contribution in [-0.4, -0.2) is 92.4 Å². The molecule has 0 aliphatic heterocycles. The van der Waals surface area contributed by atoms with E-state index in [4.69, 9.17) is 10.5 Å². The zero-order chi connectivity index (χ0) is 29.1. The van der Waals surface area contributed by atoms with Gasteiger partial charge < -0.3 is 36.0 Å². The first kappa shape index (κ1) is 27.8. The smallest absolute Gasteiger partial charge is 0.412 e. The Labute approximate surface area is 222 Å². The number of aliphatic hydroxyl groups excluding tert-OH is 3. The molecule has 208 valence electrons. The minimum absolute atomic E-state index is 0.113. The van der Waals surface area contributed by atoms with Crippen LogP contribution in [0.1, 0.15) is 24.0 Å². The molecule has 0 saturated heterocycles. The number of aliphatic hydroxyl groups is 4. The van der Waals surface area contributed by atoms with E-state index >= 15 is 0 Å². The number of rotatable bonds is 5. The molecule has 3 aliphatic rings. The van der Waals surface area contributed by atoms with Crippen LogP contribution in [0.25, 0.3) is 5.76 Å². The minimum Gasteiger partial charge on any atom is -0.508 e. The van der Waals surface area contributed by atoms with Crippen molar-refractivity contribution < 1.29 is 49.4 Å². The summed E-state index contributed by atoms with van der Waals surface area (Å²) in [6.07, 6.45) is -1.30. The zero-order valence-corrected chi connectivity index (χ0v) is 21.3. The van der Waals surface area contributed by atoms with E-state index in [1.54, 1.807) is 6.92 Å². The molecule has 1 fully saturated rings. The summed E-state index contributed by atoms with van der Waals surface area (Å²) in [5.74, 6) is -10.0. The molecule has 1 saturated carbocycles. The number of likely N-dealkylation sites (N-methyl/N-ethyl adjacent to an activating group) is 1. The molecule has 0 unspecified atom stereocenters. The third-order valence-corrected chi connectivity index (χ3v) is 7.70. The van der Waals surface area contributed by atoms with Crippen LogP contribution in [0.4, 0.5) is 10.5 Å². The first-order chi connectivity index (χ1) is 18.2. The summed E-state index contributed by atoms with van der Waals surface area (Å²) in [5.41, 5.74) is 0.618. The quantitative estimate of drug-likeness (QED) is 0.151. The lowest BCUT2D eigenvalue weighted by Crippen LogP contribution is -2.70. The SMILES string of the molecule is C=CCOC(=O)Nc1ccc2c(c1O)C(O)=C1C(=O)[C@]3(O)C(O)=C(C(N)=O)C(=O)[C@@H](N(C)C)[C@@H]3[C@@H](O)[C@@H]1[C@H]2C. The fourth-order valence-corrected chi connectivity index (χ4v) is 6.00. The number of nitrogens with two attached hydrogens (primary N) is 1. The lowest BCUT2D eigenvalue weighted by molar-refractivity contribution is -0.169. The summed E-state index contributed by atoms with van der Waals surface area (Å²) in [4.78, 5) is 52.5. The van der Waals surface area contributed by atoms with E-state index in [2.05, 4.69) is 11.9 Å². The van der Waals surface area contributed by atoms with Crippen molar-refractivity contribution in [2.24, 2.45) is 17.6 Å². The lowest BCUT2D eigenvalue weighted by atomic mass is 9.54. The van der Waals surface area contributed by atoms with Gasteiger partial charge in [0.2, 0.25) is 5.78 Å². The number of aromatic hydroxyl groups is 1. The molecule has 0 spiro atoms. The van der Waals surface area contributed by atoms with Gasteiger partial charge in [-0.1, -0.05) is 25.6 Å². The number of ether oxygens (including phenoxy) is 1. The van der Waals surface area contributed by atoms with Crippen molar-refractivity contribution in [2.75, 3.05) is 26.0 Å². The number of nitrogens with zero attached hydrogens (tertiary/aromatic N) is 1. The normalized spacial score (nSPS) is 29.9. The second kappa shape index (κ2) is 9.52. The predicted molar refractivity (Wildman–Crippen MR) is 136 cm³/mol. The van der Waals surface area contributed by atoms with Crippen molar-refractivity contribution in [2.45, 2.75) is 30.6 Å². The van der Waals surface area contributed by atoms with Gasteiger partial charge in [-0.25, -0.2) is 4.79 Å². The number of phenolic OH excluding ortho intramolecular Hbond substituents is 1. The Balaban J connectivity index is 1.94. The average molecular weight is 544 g/mol. The topological polar surface area (TPSA) is 220 Å². The highest BCUT2D eigenvalue weighted by atomic mass is 16.5. The number of carbonyl (C=O) groups is 4. The van der Waals surface area contributed by atoms with Gasteiger partial charge in [-0.05, 0) is 31.6 Å². The minimum atomic E-state index is -3.01. The fraction of sp³-hybridized carbons (Fsp3) is 0.385. The number of carbonyl (C=O) groups excluding carboxylic acids is 4. The maximum atomic E-state index is 13.9. The number of hydrogen-bond donors (Lipinski definition) is 7. The van der Waals surface area contributed by atoms with E-state index < -0.39 is 87.5 Å². The van der Waals surface area contributed by atoms with Gasteiger partial charge in [-0.3, -0.25) is 24.6 Å². The van der Waals surface area contributed by atoms with E-state index in [1.165, 1.54) is 37.2 Å². The Morgan fingerprint density at radius 1 is 1.23 bits per heavy atom. The number of amides is 2. The maximum absolute atomic E-state index is 13.9. The number of primary amides is 1. The largest absolute Gasteiger partial charge is 0.508 e. The Morgan fingerprint density at radius 2 is 1.87 bits per heavy atom. The molecule has 8 N–H and O–H groups in total. The van der Waals surface area contributed by atoms with Crippen LogP contribution >= 0.6 is 0 Å². The van der Waals surface area contributed by atoms with Gasteiger partial charge in [-0.2, -0.15) is 0 Å². The average Bonchev–Trinajstić information content (AvgIpc) is 2.85. The van der Waals surface area contributed by atoms with Crippen molar-refractivity contribution in [3.63, 3.8) is 0 Å². The molecule has 2 amide bonds. The first-order valence-electron chi connectivity index (χ1n) is 11.9. The molecule has 0 bridgehead atoms. The lowest BCUT2D eigenvalue weighted by Gasteiger charge is -2.53. The summed E-state index contributed by atoms with van der Waals surface area (Å²) in [6, 6.07) is 1.36. The van der Waals surface area contributed by atoms with Crippen LogP contribution in [-0.2, 0) is 19.1 Å². The number of ketones is 2. The van der Waals surface area contributed by atoms with Gasteiger partial charge in [0.1, 0.15) is 29.4 Å². The van der Waals surface area contributed by atoms with Crippen molar-refractivity contribution in [3.05, 3.63) is 52.8 Å². The van der Waals surface area contributed by atoms with Crippen molar-refractivity contribution >= 4 is 35.0 Å². The molecule has 0 aromatic heterocycles. The number of anilines is 1. The Hall–Kier alpha value is -4.20. The van der Waals surface area contributed by atoms with Crippen molar-refractivity contribution in [3.8, 4) is 5.75 Å². The molecular weight excluding hydrogens is 514 g/mol. The third kappa shape index (κ3) is 3.80. The number of benzene rings is 1. The highest BCUT2D eigenvalue weighted by Gasteiger charge is 2.68. The third-order valence-electron chi connectivity index (χ3n) is 7.70. The Bertz CT molecular complexity index is 1380. The Kier molecular flexibility index (Phi) is 6.79. The molecule has 13 heteroatoms. The monoisotopic (exact) mass is 543 g/mol. The highest BCUT2D eigenvalue weighted by Crippen LogP contribution is 2.56. The van der Waals surface area contributed by atoms with Gasteiger partial charge in [-0.15, -0.1) is 0 Å². The van der Waals surface area contributed by atoms with Crippen LogP contribution in [0.3, 0.4) is 0 Å². The van der Waals surface area contributed by atoms with Crippen molar-refractivity contribution in [1.29, 1.82) is 0 Å². The van der Waals surface area contributed by atoms with Gasteiger partial charge in [0.05, 0.1) is 29.3 Å². The number of nitrogens with one attached hydrogen (secondary N) is 1. The summed E-state index contributed by atoms with van der Waals surface area (Å²) >= 11 is 0. The summed E-state index contributed by atoms with van der Waals surface area (Å²) < 4.78 is 4.83. The number of hydrogen-bond acceptors (Lipinski definition) is 11. The van der Waals surface area contributed by atoms with E-state index in [9.17, 15) is 44.7 Å². The molecule has 0 heterocycles. The second-order valence-corrected chi connectivity index (χ2v) is 9.99. The standard InChI is InChI=1S/C26H29N3O10/c1-5-8-39-25(37)28-11-7-6-10-9(2)12-14(19(31)13(10)18(11)30)22(34)26(38)16(20(12)32)17(29(3)4)21(33)15(23(26)35)24(27)36/h5-7,9,12,16-17,20,30-32,35,38H,1,8H2,2-4H3,(H2,27,36)(H,28,37)/t9-,12+,16+,17-,20-,26-/m0/s1. The molecule has 39 heavy (non-hydrogen) atoms. The summed E-state index contributed by atoms with van der Waals surface area (Å²) in [5, 5.41) is 58.7. The number of Topliss-reactive ketones (excluding diaryl/α,β-unsaturated/α-hetero) is 2. The van der Waals surface area contributed by atoms with E-state index in [-0.39, 0.29) is 17.9 Å². The van der Waals surface area contributed by atoms with Crippen LogP contribution in [0.15, 0.2) is 41.7 Å². The highest BCUT2D eigenvalue weighted by molar-refractivity contribution is 6.24. The molecule has 3 aliphatic carbocycles. The van der Waals surface area contributed by atoms with Crippen LogP contribution in [0, 0.1) is 11.8 Å². The molecule has 4 rings (SSSR count). The summed E-state index contributed by atoms with van der Waals surface area (Å²) in [6.45, 7) is 4.91. The van der Waals surface area contributed by atoms with Crippen LogP contribution in [0.2, 0.25) is 0 Å². The van der Waals surface area contributed by atoms with E-state index in [0.717, 1.165) is 0 Å². The summed E-state index contributed by atoms with van der Waals surface area (Å²) in [7, 11) is 2.85. The maximum Gasteiger partial charge on any atom is 0.412 e. The van der Waals surface area contributed by atoms with Crippen LogP contribution < -0.4 is 11.1 Å². The Morgan fingerprint density at radius 3 is 2.44 bits per heavy atom. The van der Waals surface area contributed by atoms with Crippen molar-refractivity contribution in [1.82, 2.24) is 4.90 Å².